The minimum atomic E-state index is -2.08. The van der Waals surface area contributed by atoms with Crippen molar-refractivity contribution in [3.8, 4) is 0 Å². The van der Waals surface area contributed by atoms with Crippen LogP contribution in [0.15, 0.2) is 0 Å². The van der Waals surface area contributed by atoms with E-state index >= 15 is 0 Å². The van der Waals surface area contributed by atoms with E-state index in [0.29, 0.717) is 0 Å². The standard InChI is InChI=1S/C7H14O6/c1-12-2-4-5(9)6(10)7(11,3-8)13-4/h4-6,8-11H,2-3H2,1H3/t4-,5-,6+,7-/m1/s1. The Morgan fingerprint density at radius 3 is 2.46 bits per heavy atom. The molecule has 0 aliphatic carbocycles. The Hall–Kier alpha value is -0.240. The maximum atomic E-state index is 9.40. The molecule has 0 aromatic heterocycles. The molecule has 6 heteroatoms. The average Bonchev–Trinajstić information content (AvgIpc) is 2.33. The fourth-order valence-electron chi connectivity index (χ4n) is 1.30. The van der Waals surface area contributed by atoms with Crippen molar-refractivity contribution in [1.82, 2.24) is 0 Å². The van der Waals surface area contributed by atoms with E-state index in [-0.39, 0.29) is 6.61 Å². The molecule has 0 saturated carbocycles. The molecule has 0 radical (unpaired) electrons. The zero-order valence-corrected chi connectivity index (χ0v) is 7.25. The van der Waals surface area contributed by atoms with Crippen molar-refractivity contribution in [3.05, 3.63) is 0 Å². The first-order valence-electron chi connectivity index (χ1n) is 3.91. The van der Waals surface area contributed by atoms with Crippen LogP contribution in [0.3, 0.4) is 0 Å². The Morgan fingerprint density at radius 2 is 2.08 bits per heavy atom. The van der Waals surface area contributed by atoms with Gasteiger partial charge in [-0.15, -0.1) is 0 Å². The van der Waals surface area contributed by atoms with Crippen LogP contribution in [0.25, 0.3) is 0 Å². The van der Waals surface area contributed by atoms with Crippen LogP contribution < -0.4 is 0 Å². The van der Waals surface area contributed by atoms with Gasteiger partial charge in [0.2, 0.25) is 5.79 Å². The summed E-state index contributed by atoms with van der Waals surface area (Å²) >= 11 is 0. The SMILES string of the molecule is COC[C@H]1O[C@](O)(CO)[C@@H](O)[C@@H]1O. The van der Waals surface area contributed by atoms with E-state index in [1.165, 1.54) is 7.11 Å². The maximum absolute atomic E-state index is 9.40. The van der Waals surface area contributed by atoms with E-state index in [0.717, 1.165) is 0 Å². The summed E-state index contributed by atoms with van der Waals surface area (Å²) in [5, 5.41) is 36.7. The van der Waals surface area contributed by atoms with Crippen molar-refractivity contribution >= 4 is 0 Å². The van der Waals surface area contributed by atoms with Gasteiger partial charge in [0.15, 0.2) is 0 Å². The van der Waals surface area contributed by atoms with Crippen LogP contribution in [0.1, 0.15) is 0 Å². The summed E-state index contributed by atoms with van der Waals surface area (Å²) in [6, 6.07) is 0. The van der Waals surface area contributed by atoms with Gasteiger partial charge in [-0.25, -0.2) is 0 Å². The molecule has 0 aromatic carbocycles. The summed E-state index contributed by atoms with van der Waals surface area (Å²) in [5.41, 5.74) is 0. The molecule has 78 valence electrons. The first-order valence-corrected chi connectivity index (χ1v) is 3.91. The van der Waals surface area contributed by atoms with E-state index in [1.807, 2.05) is 0 Å². The second-order valence-electron chi connectivity index (χ2n) is 3.05. The van der Waals surface area contributed by atoms with Crippen LogP contribution in [-0.2, 0) is 9.47 Å². The zero-order valence-electron chi connectivity index (χ0n) is 7.25. The minimum Gasteiger partial charge on any atom is -0.391 e. The van der Waals surface area contributed by atoms with Gasteiger partial charge in [0, 0.05) is 7.11 Å². The average molecular weight is 194 g/mol. The molecule has 13 heavy (non-hydrogen) atoms. The van der Waals surface area contributed by atoms with E-state index in [1.54, 1.807) is 0 Å². The van der Waals surface area contributed by atoms with Gasteiger partial charge in [-0.1, -0.05) is 0 Å². The van der Waals surface area contributed by atoms with Crippen LogP contribution in [0.5, 0.6) is 0 Å². The molecule has 1 rings (SSSR count). The molecule has 0 bridgehead atoms. The highest BCUT2D eigenvalue weighted by Crippen LogP contribution is 2.28. The molecule has 0 aromatic rings. The van der Waals surface area contributed by atoms with E-state index in [9.17, 15) is 15.3 Å². The Labute approximate surface area is 75.3 Å². The molecule has 1 heterocycles. The highest BCUT2D eigenvalue weighted by atomic mass is 16.7. The van der Waals surface area contributed by atoms with E-state index in [2.05, 4.69) is 0 Å². The van der Waals surface area contributed by atoms with Gasteiger partial charge in [0.05, 0.1) is 13.2 Å². The number of aliphatic hydroxyl groups is 4. The zero-order chi connectivity index (χ0) is 10.1. The van der Waals surface area contributed by atoms with Crippen LogP contribution in [0.4, 0.5) is 0 Å². The van der Waals surface area contributed by atoms with Gasteiger partial charge in [-0.3, -0.25) is 0 Å². The third-order valence-electron chi connectivity index (χ3n) is 2.08. The van der Waals surface area contributed by atoms with Gasteiger partial charge in [-0.2, -0.15) is 0 Å². The summed E-state index contributed by atoms with van der Waals surface area (Å²) in [5.74, 6) is -2.08. The Morgan fingerprint density at radius 1 is 1.46 bits per heavy atom. The van der Waals surface area contributed by atoms with Crippen molar-refractivity contribution in [1.29, 1.82) is 0 Å². The molecule has 4 atom stereocenters. The van der Waals surface area contributed by atoms with Crippen molar-refractivity contribution in [2.75, 3.05) is 20.3 Å². The summed E-state index contributed by atoms with van der Waals surface area (Å²) < 4.78 is 9.54. The predicted octanol–water partition coefficient (Wildman–Crippen LogP) is -2.57. The van der Waals surface area contributed by atoms with Gasteiger partial charge in [-0.05, 0) is 0 Å². The molecule has 1 fully saturated rings. The summed E-state index contributed by atoms with van der Waals surface area (Å²) in [7, 11) is 1.40. The summed E-state index contributed by atoms with van der Waals surface area (Å²) in [4.78, 5) is 0. The Kier molecular flexibility index (Phi) is 3.23. The molecule has 0 unspecified atom stereocenters. The molecule has 0 spiro atoms. The third kappa shape index (κ3) is 1.83. The smallest absolute Gasteiger partial charge is 0.219 e. The van der Waals surface area contributed by atoms with Gasteiger partial charge in [0.25, 0.3) is 0 Å². The lowest BCUT2D eigenvalue weighted by Crippen LogP contribution is -2.46. The lowest BCUT2D eigenvalue weighted by atomic mass is 10.1. The van der Waals surface area contributed by atoms with Crippen LogP contribution in [0, 0.1) is 0 Å². The molecule has 1 aliphatic rings. The maximum Gasteiger partial charge on any atom is 0.219 e. The second-order valence-corrected chi connectivity index (χ2v) is 3.05. The molecule has 6 nitrogen and oxygen atoms in total. The fourth-order valence-corrected chi connectivity index (χ4v) is 1.30. The lowest BCUT2D eigenvalue weighted by Gasteiger charge is -2.22. The quantitative estimate of drug-likeness (QED) is 0.394. The molecule has 1 aliphatic heterocycles. The molecular formula is C7H14O6. The third-order valence-corrected chi connectivity index (χ3v) is 2.08. The minimum absolute atomic E-state index is 0.0422. The van der Waals surface area contributed by atoms with Gasteiger partial charge in [0.1, 0.15) is 18.3 Å². The van der Waals surface area contributed by atoms with Crippen LogP contribution in [0.2, 0.25) is 0 Å². The Bertz CT molecular complexity index is 174. The largest absolute Gasteiger partial charge is 0.391 e. The topological polar surface area (TPSA) is 99.4 Å². The highest BCUT2D eigenvalue weighted by molar-refractivity contribution is 4.94. The molecule has 1 saturated heterocycles. The van der Waals surface area contributed by atoms with Crippen LogP contribution in [-0.4, -0.2) is 64.8 Å². The number of methoxy groups -OCH3 is 1. The first kappa shape index (κ1) is 10.8. The lowest BCUT2D eigenvalue weighted by molar-refractivity contribution is -0.248. The predicted molar refractivity (Wildman–Crippen MR) is 40.8 cm³/mol. The van der Waals surface area contributed by atoms with Crippen molar-refractivity contribution in [2.24, 2.45) is 0 Å². The van der Waals surface area contributed by atoms with E-state index < -0.39 is 30.7 Å². The second kappa shape index (κ2) is 3.87. The number of ether oxygens (including phenoxy) is 2. The van der Waals surface area contributed by atoms with Gasteiger partial charge >= 0.3 is 0 Å². The van der Waals surface area contributed by atoms with Gasteiger partial charge < -0.3 is 29.9 Å². The number of rotatable bonds is 3. The summed E-state index contributed by atoms with van der Waals surface area (Å²) in [6.45, 7) is -0.730. The fraction of sp³-hybridized carbons (Fsp3) is 1.00. The molecule has 0 amide bonds. The van der Waals surface area contributed by atoms with Crippen molar-refractivity contribution < 1.29 is 29.9 Å². The molecular weight excluding hydrogens is 180 g/mol. The number of hydrogen-bond donors (Lipinski definition) is 4. The number of hydrogen-bond acceptors (Lipinski definition) is 6. The number of aliphatic hydroxyl groups excluding tert-OH is 3. The van der Waals surface area contributed by atoms with E-state index in [4.69, 9.17) is 14.6 Å². The van der Waals surface area contributed by atoms with Crippen molar-refractivity contribution in [3.63, 3.8) is 0 Å². The normalized spacial score (nSPS) is 45.5. The first-order chi connectivity index (χ1) is 6.05. The van der Waals surface area contributed by atoms with Crippen molar-refractivity contribution in [2.45, 2.75) is 24.1 Å². The highest BCUT2D eigenvalue weighted by Gasteiger charge is 2.52. The Balaban J connectivity index is 2.66. The monoisotopic (exact) mass is 194 g/mol. The van der Waals surface area contributed by atoms with Crippen LogP contribution >= 0.6 is 0 Å². The molecule has 4 N–H and O–H groups in total. The summed E-state index contributed by atoms with van der Waals surface area (Å²) in [6.07, 6.45) is -3.59.